The molecule has 0 saturated heterocycles. The number of aliphatic carboxylic acids is 1. The number of rotatable bonds is 9. The van der Waals surface area contributed by atoms with Crippen molar-refractivity contribution in [3.05, 3.63) is 41.4 Å². The van der Waals surface area contributed by atoms with Gasteiger partial charge in [0.1, 0.15) is 0 Å². The van der Waals surface area contributed by atoms with Crippen LogP contribution in [0.4, 0.5) is 0 Å². The van der Waals surface area contributed by atoms with E-state index in [4.69, 9.17) is 16.7 Å². The van der Waals surface area contributed by atoms with Crippen LogP contribution in [0.2, 0.25) is 5.02 Å². The van der Waals surface area contributed by atoms with Gasteiger partial charge < -0.3 is 5.11 Å². The number of hydrogen-bond donors (Lipinski definition) is 2. The minimum absolute atomic E-state index is 0.0978. The van der Waals surface area contributed by atoms with Crippen molar-refractivity contribution >= 4 is 27.6 Å². The molecular weight excluding hydrogens is 410 g/mol. The Kier molecular flexibility index (Phi) is 6.76. The lowest BCUT2D eigenvalue weighted by Crippen LogP contribution is -2.63. The molecule has 2 bridgehead atoms. The highest BCUT2D eigenvalue weighted by molar-refractivity contribution is 7.89. The number of fused-ring (bicyclic) bond motifs is 2. The molecule has 4 unspecified atom stereocenters. The maximum absolute atomic E-state index is 13.0. The summed E-state index contributed by atoms with van der Waals surface area (Å²) in [6.45, 7) is 4.49. The van der Waals surface area contributed by atoms with Crippen molar-refractivity contribution in [1.29, 1.82) is 0 Å². The van der Waals surface area contributed by atoms with E-state index in [1.165, 1.54) is 0 Å². The van der Waals surface area contributed by atoms with Gasteiger partial charge in [-0.25, -0.2) is 13.1 Å². The lowest BCUT2D eigenvalue weighted by atomic mass is 9.45. The molecule has 4 rings (SSSR count). The molecule has 7 heteroatoms. The Balaban J connectivity index is 1.69. The van der Waals surface area contributed by atoms with E-state index in [-0.39, 0.29) is 28.7 Å². The number of halogens is 1. The van der Waals surface area contributed by atoms with Crippen LogP contribution >= 0.6 is 11.6 Å². The number of carbonyl (C=O) groups is 1. The predicted octanol–water partition coefficient (Wildman–Crippen LogP) is 4.87. The third-order valence-electron chi connectivity index (χ3n) is 6.86. The van der Waals surface area contributed by atoms with E-state index in [9.17, 15) is 13.2 Å². The molecule has 3 aliphatic rings. The maximum atomic E-state index is 13.0. The quantitative estimate of drug-likeness (QED) is 0.424. The molecule has 3 fully saturated rings. The second kappa shape index (κ2) is 8.78. The molecule has 5 nitrogen and oxygen atoms in total. The SMILES string of the molecule is CC1(C)C2CC(CC=CCCCC(=O)O)C(NS(=O)(=O)c3ccc(Cl)cc3)C1C2. The van der Waals surface area contributed by atoms with Crippen LogP contribution in [0.25, 0.3) is 0 Å². The highest BCUT2D eigenvalue weighted by Gasteiger charge is 2.58. The van der Waals surface area contributed by atoms with Crippen molar-refractivity contribution in [1.82, 2.24) is 4.72 Å². The third-order valence-corrected chi connectivity index (χ3v) is 8.58. The van der Waals surface area contributed by atoms with Crippen molar-refractivity contribution in [2.45, 2.75) is 63.3 Å². The molecule has 0 aromatic heterocycles. The van der Waals surface area contributed by atoms with Crippen LogP contribution in [0.3, 0.4) is 0 Å². The molecule has 0 spiro atoms. The Bertz CT molecular complexity index is 863. The van der Waals surface area contributed by atoms with Gasteiger partial charge in [0, 0.05) is 17.5 Å². The van der Waals surface area contributed by atoms with Crippen LogP contribution in [0.5, 0.6) is 0 Å². The van der Waals surface area contributed by atoms with E-state index in [1.807, 2.05) is 6.08 Å². The number of hydrogen-bond acceptors (Lipinski definition) is 3. The molecule has 0 amide bonds. The topological polar surface area (TPSA) is 83.5 Å². The van der Waals surface area contributed by atoms with E-state index in [2.05, 4.69) is 24.6 Å². The molecule has 160 valence electrons. The fourth-order valence-corrected chi connectivity index (χ4v) is 6.42. The summed E-state index contributed by atoms with van der Waals surface area (Å²) in [5.74, 6) is 0.442. The number of allylic oxidation sites excluding steroid dienone is 2. The van der Waals surface area contributed by atoms with Crippen LogP contribution in [-0.4, -0.2) is 25.5 Å². The van der Waals surface area contributed by atoms with Crippen LogP contribution in [-0.2, 0) is 14.8 Å². The van der Waals surface area contributed by atoms with Gasteiger partial charge in [-0.05, 0) is 79.5 Å². The fourth-order valence-electron chi connectivity index (χ4n) is 4.95. The Labute approximate surface area is 178 Å². The van der Waals surface area contributed by atoms with Crippen molar-refractivity contribution < 1.29 is 18.3 Å². The number of carboxylic acids is 1. The molecule has 1 aromatic rings. The summed E-state index contributed by atoms with van der Waals surface area (Å²) in [5, 5.41) is 9.22. The van der Waals surface area contributed by atoms with Crippen molar-refractivity contribution in [2.24, 2.45) is 23.2 Å². The van der Waals surface area contributed by atoms with Gasteiger partial charge in [-0.1, -0.05) is 37.6 Å². The van der Waals surface area contributed by atoms with Crippen LogP contribution < -0.4 is 4.72 Å². The van der Waals surface area contributed by atoms with E-state index in [1.54, 1.807) is 24.3 Å². The fraction of sp³-hybridized carbons (Fsp3) is 0.591. The zero-order chi connectivity index (χ0) is 21.2. The van der Waals surface area contributed by atoms with E-state index in [0.717, 1.165) is 25.7 Å². The predicted molar refractivity (Wildman–Crippen MR) is 114 cm³/mol. The smallest absolute Gasteiger partial charge is 0.303 e. The Morgan fingerprint density at radius 1 is 1.24 bits per heavy atom. The Morgan fingerprint density at radius 2 is 1.93 bits per heavy atom. The van der Waals surface area contributed by atoms with Gasteiger partial charge in [-0.3, -0.25) is 4.79 Å². The zero-order valence-electron chi connectivity index (χ0n) is 17.0. The number of benzene rings is 1. The zero-order valence-corrected chi connectivity index (χ0v) is 18.5. The van der Waals surface area contributed by atoms with Crippen LogP contribution in [0.1, 0.15) is 52.4 Å². The summed E-state index contributed by atoms with van der Waals surface area (Å²) >= 11 is 5.90. The number of carboxylic acid groups (broad SMARTS) is 1. The normalized spacial score (nSPS) is 28.2. The number of nitrogens with one attached hydrogen (secondary N) is 1. The van der Waals surface area contributed by atoms with Gasteiger partial charge in [0.25, 0.3) is 0 Å². The monoisotopic (exact) mass is 439 g/mol. The second-order valence-electron chi connectivity index (χ2n) is 8.95. The lowest BCUT2D eigenvalue weighted by molar-refractivity contribution is -0.137. The van der Waals surface area contributed by atoms with Crippen molar-refractivity contribution in [3.63, 3.8) is 0 Å². The molecule has 3 saturated carbocycles. The number of unbranched alkanes of at least 4 members (excludes halogenated alkanes) is 1. The minimum atomic E-state index is -3.61. The van der Waals surface area contributed by atoms with Gasteiger partial charge in [-0.15, -0.1) is 0 Å². The number of sulfonamides is 1. The molecule has 2 N–H and O–H groups in total. The summed E-state index contributed by atoms with van der Waals surface area (Å²) < 4.78 is 29.0. The molecule has 0 radical (unpaired) electrons. The summed E-state index contributed by atoms with van der Waals surface area (Å²) in [5.41, 5.74) is 0.148. The van der Waals surface area contributed by atoms with Gasteiger partial charge in [-0.2, -0.15) is 0 Å². The standard InChI is InChI=1S/C22H30ClNO4S/c1-22(2)16-13-15(7-5-3-4-6-8-20(25)26)21(19(22)14-16)24-29(27,28)18-11-9-17(23)10-12-18/h3,5,9-12,15-16,19,21,24H,4,6-8,13-14H2,1-2H3,(H,25,26). The first-order valence-electron chi connectivity index (χ1n) is 10.3. The van der Waals surface area contributed by atoms with Gasteiger partial charge in [0.15, 0.2) is 0 Å². The van der Waals surface area contributed by atoms with Gasteiger partial charge in [0.2, 0.25) is 10.0 Å². The molecule has 1 aromatic carbocycles. The molecule has 3 aliphatic carbocycles. The van der Waals surface area contributed by atoms with Gasteiger partial charge >= 0.3 is 5.97 Å². The first kappa shape index (κ1) is 22.3. The highest BCUT2D eigenvalue weighted by Crippen LogP contribution is 2.61. The van der Waals surface area contributed by atoms with Crippen LogP contribution in [0, 0.1) is 23.2 Å². The first-order chi connectivity index (χ1) is 13.6. The lowest BCUT2D eigenvalue weighted by Gasteiger charge is -2.62. The maximum Gasteiger partial charge on any atom is 0.303 e. The van der Waals surface area contributed by atoms with E-state index < -0.39 is 16.0 Å². The summed E-state index contributed by atoms with van der Waals surface area (Å²) in [4.78, 5) is 10.8. The summed E-state index contributed by atoms with van der Waals surface area (Å²) in [6, 6.07) is 6.17. The Hall–Kier alpha value is -1.37. The van der Waals surface area contributed by atoms with E-state index >= 15 is 0 Å². The minimum Gasteiger partial charge on any atom is -0.481 e. The third kappa shape index (κ3) is 5.04. The second-order valence-corrected chi connectivity index (χ2v) is 11.1. The van der Waals surface area contributed by atoms with Crippen molar-refractivity contribution in [2.75, 3.05) is 0 Å². The average Bonchev–Trinajstić information content (AvgIpc) is 2.65. The first-order valence-corrected chi connectivity index (χ1v) is 12.1. The highest BCUT2D eigenvalue weighted by atomic mass is 35.5. The molecule has 29 heavy (non-hydrogen) atoms. The molecular formula is C22H30ClNO4S. The summed E-state index contributed by atoms with van der Waals surface area (Å²) in [7, 11) is -3.61. The molecule has 0 aliphatic heterocycles. The van der Waals surface area contributed by atoms with E-state index in [0.29, 0.717) is 23.3 Å². The van der Waals surface area contributed by atoms with Gasteiger partial charge in [0.05, 0.1) is 4.90 Å². The van der Waals surface area contributed by atoms with Crippen LogP contribution in [0.15, 0.2) is 41.3 Å². The molecule has 4 atom stereocenters. The van der Waals surface area contributed by atoms with Crippen molar-refractivity contribution in [3.8, 4) is 0 Å². The largest absolute Gasteiger partial charge is 0.481 e. The Morgan fingerprint density at radius 3 is 2.55 bits per heavy atom. The average molecular weight is 440 g/mol. The summed E-state index contributed by atoms with van der Waals surface area (Å²) in [6.07, 6.45) is 8.54. The molecule has 0 heterocycles.